The molecule has 0 saturated heterocycles. The number of nitrogen functional groups attached to an aromatic ring is 1. The normalized spacial score (nSPS) is 14.3. The highest BCUT2D eigenvalue weighted by molar-refractivity contribution is 9.11. The topological polar surface area (TPSA) is 167 Å². The van der Waals surface area contributed by atoms with Crippen molar-refractivity contribution in [3.05, 3.63) is 352 Å². The van der Waals surface area contributed by atoms with Gasteiger partial charge >= 0.3 is 0 Å². The van der Waals surface area contributed by atoms with Crippen molar-refractivity contribution in [3.8, 4) is 0 Å². The predicted octanol–water partition coefficient (Wildman–Crippen LogP) is 30.6. The van der Waals surface area contributed by atoms with Crippen LogP contribution in [0.25, 0.3) is 0 Å². The molecule has 15 nitrogen and oxygen atoms in total. The number of methoxy groups -OCH3 is 3. The number of unbranched alkanes of at least 4 members (excludes halogenated alkanes) is 5. The van der Waals surface area contributed by atoms with E-state index in [1.807, 2.05) is 88.3 Å². The maximum atomic E-state index is 12.4. The number of benzene rings is 9. The van der Waals surface area contributed by atoms with E-state index < -0.39 is 0 Å². The Morgan fingerprint density at radius 2 is 0.711 bits per heavy atom. The maximum absolute atomic E-state index is 12.4. The number of pyridine rings is 3. The molecule has 0 amide bonds. The van der Waals surface area contributed by atoms with Gasteiger partial charge in [0.15, 0.2) is 5.78 Å². The third kappa shape index (κ3) is 31.2. The molecule has 4 aliphatic heterocycles. The molecule has 7 heterocycles. The Morgan fingerprint density at radius 1 is 0.370 bits per heavy atom. The molecule has 0 spiro atoms. The summed E-state index contributed by atoms with van der Waals surface area (Å²) in [7, 11) is 5.48. The first-order valence-electron chi connectivity index (χ1n) is 49.9. The third-order valence-corrected chi connectivity index (χ3v) is 27.9. The number of Topliss-reactive ketones (excluding diaryl/α,β-unsaturated/α-hetero) is 1. The SMILES string of the molecule is CCCCC(=O)c1cc(Br)c2c(c1)CCCN2Cc1ccccc1.CCCCC(O)c1cc(Br)c2c(c1)CCCN2Cc1ccccc1.CCCCC(OC)c1cc(Br)c2c(c1)CCCN2Cc1ccccc1.CCCCC(OC)c1cc2c(c(Nc3ccccn3)c1)CCCC2.CCCCC(OC)c1cc2c(c(Nc3ccccn3)c1)N(Cc1ccccc1)CCC2.Nc1ccccn1. The van der Waals surface area contributed by atoms with E-state index in [9.17, 15) is 9.90 Å². The molecular weight excluding hydrogens is 1870 g/mol. The molecule has 17 rings (SSSR count). The van der Waals surface area contributed by atoms with Gasteiger partial charge in [0.05, 0.1) is 52.9 Å². The van der Waals surface area contributed by atoms with Gasteiger partial charge in [-0.2, -0.15) is 0 Å². The molecule has 12 aromatic rings. The van der Waals surface area contributed by atoms with E-state index in [4.69, 9.17) is 19.9 Å². The van der Waals surface area contributed by atoms with E-state index in [0.29, 0.717) is 12.2 Å². The average Bonchev–Trinajstić information content (AvgIpc) is 0.778. The van der Waals surface area contributed by atoms with Crippen molar-refractivity contribution >= 4 is 105 Å². The van der Waals surface area contributed by atoms with Crippen LogP contribution in [-0.2, 0) is 78.9 Å². The van der Waals surface area contributed by atoms with Gasteiger partial charge in [-0.25, -0.2) is 15.0 Å². The number of fused-ring (bicyclic) bond motifs is 5. The number of aromatic nitrogens is 3. The van der Waals surface area contributed by atoms with Gasteiger partial charge in [-0.1, -0.05) is 256 Å². The van der Waals surface area contributed by atoms with Crippen LogP contribution < -0.4 is 36.0 Å². The van der Waals surface area contributed by atoms with E-state index in [-0.39, 0.29) is 30.2 Å². The quantitative estimate of drug-likeness (QED) is 0.0277. The van der Waals surface area contributed by atoms with Crippen LogP contribution in [0.1, 0.15) is 282 Å². The summed E-state index contributed by atoms with van der Waals surface area (Å²) in [6.45, 7) is 19.0. The molecule has 5 N–H and O–H groups in total. The number of ether oxygens (including phenoxy) is 3. The molecule has 0 fully saturated rings. The Kier molecular flexibility index (Phi) is 43.1. The zero-order valence-corrected chi connectivity index (χ0v) is 86.0. The summed E-state index contributed by atoms with van der Waals surface area (Å²) in [5, 5.41) is 17.6. The van der Waals surface area contributed by atoms with Gasteiger partial charge in [0.1, 0.15) is 17.5 Å². The fourth-order valence-electron chi connectivity index (χ4n) is 19.1. The Labute approximate surface area is 832 Å². The monoisotopic (exact) mass is 2010 g/mol. The van der Waals surface area contributed by atoms with Crippen LogP contribution in [0.4, 0.5) is 51.6 Å². The summed E-state index contributed by atoms with van der Waals surface area (Å²) in [5.41, 5.74) is 32.4. The second-order valence-electron chi connectivity index (χ2n) is 36.2. The summed E-state index contributed by atoms with van der Waals surface area (Å²) in [6.07, 6.45) is 35.5. The van der Waals surface area contributed by atoms with E-state index in [0.717, 1.165) is 180 Å². The molecule has 135 heavy (non-hydrogen) atoms. The summed E-state index contributed by atoms with van der Waals surface area (Å²) < 4.78 is 20.8. The number of hydrogen-bond acceptors (Lipinski definition) is 15. The second kappa shape index (κ2) is 56.0. The number of halogens is 3. The maximum Gasteiger partial charge on any atom is 0.162 e. The molecule has 0 saturated carbocycles. The highest BCUT2D eigenvalue weighted by Gasteiger charge is 2.30. The van der Waals surface area contributed by atoms with Gasteiger partial charge in [0, 0.05) is 123 Å². The van der Waals surface area contributed by atoms with Crippen LogP contribution in [0.15, 0.2) is 269 Å². The number of ketones is 1. The lowest BCUT2D eigenvalue weighted by Gasteiger charge is -2.34. The van der Waals surface area contributed by atoms with Crippen LogP contribution in [0.5, 0.6) is 0 Å². The number of nitrogens with zero attached hydrogens (tertiary/aromatic N) is 7. The van der Waals surface area contributed by atoms with Crippen molar-refractivity contribution in [2.75, 3.05) is 83.5 Å². The summed E-state index contributed by atoms with van der Waals surface area (Å²) in [6, 6.07) is 82.5. The number of nitrogens with two attached hydrogens (primary N) is 1. The van der Waals surface area contributed by atoms with Gasteiger partial charge < -0.3 is 55.3 Å². The molecule has 3 aromatic heterocycles. The summed E-state index contributed by atoms with van der Waals surface area (Å²) in [5.74, 6) is 2.61. The Balaban J connectivity index is 0.000000149. The summed E-state index contributed by atoms with van der Waals surface area (Å²) >= 11 is 11.4. The number of anilines is 9. The van der Waals surface area contributed by atoms with Crippen molar-refractivity contribution in [2.45, 2.75) is 259 Å². The van der Waals surface area contributed by atoms with Crippen molar-refractivity contribution in [2.24, 2.45) is 0 Å². The van der Waals surface area contributed by atoms with Crippen molar-refractivity contribution in [1.29, 1.82) is 0 Å². The molecule has 9 aromatic carbocycles. The minimum Gasteiger partial charge on any atom is -0.388 e. The number of carbonyl (C=O) groups excluding carboxylic acids is 1. The highest BCUT2D eigenvalue weighted by Crippen LogP contribution is 2.45. The molecule has 4 atom stereocenters. The molecule has 0 radical (unpaired) electrons. The minimum absolute atomic E-state index is 0.124. The lowest BCUT2D eigenvalue weighted by atomic mass is 9.87. The third-order valence-electron chi connectivity index (χ3n) is 26.1. The van der Waals surface area contributed by atoms with E-state index in [1.165, 1.54) is 182 Å². The van der Waals surface area contributed by atoms with Gasteiger partial charge in [0.25, 0.3) is 0 Å². The largest absolute Gasteiger partial charge is 0.388 e. The van der Waals surface area contributed by atoms with Crippen LogP contribution >= 0.6 is 47.8 Å². The van der Waals surface area contributed by atoms with E-state index >= 15 is 0 Å². The Morgan fingerprint density at radius 3 is 1.11 bits per heavy atom. The Hall–Kier alpha value is -10.0. The molecule has 4 unspecified atom stereocenters. The van der Waals surface area contributed by atoms with Crippen molar-refractivity contribution in [3.63, 3.8) is 0 Å². The van der Waals surface area contributed by atoms with E-state index in [1.54, 1.807) is 12.3 Å². The first-order chi connectivity index (χ1) is 66.1. The molecular formula is C117H145Br3N10O5. The molecule has 18 heteroatoms. The number of aliphatic hydroxyl groups is 1. The zero-order chi connectivity index (χ0) is 94.9. The van der Waals surface area contributed by atoms with Crippen LogP contribution in [0.3, 0.4) is 0 Å². The average molecular weight is 2010 g/mol. The number of carbonyl (C=O) groups is 1. The molecule has 0 bridgehead atoms. The standard InChI is InChI=1S/C27H33N3O.C22H28BrNO.C21H26BrNO.C21H24BrNO.C21H28N2O.C5H6N2/c1-3-4-14-25(31-2)23-18-22-13-10-17-30(20-21-11-6-5-7-12-21)27(22)24(19-23)29-26-15-8-9-16-28-26;1-3-4-12-21(25-2)19-14-18-11-8-13-24(22(18)20(23)15-19)16-17-9-6-5-7-10-17;2*1-2-3-11-20(24)18-13-17-10-7-12-23(21(17)19(22)14-18)15-16-8-5-4-6-9-16;1-3-4-11-20(24-2)17-14-16-9-5-6-10-18(16)19(15-17)23-21-12-7-8-13-22-21;6-5-3-1-2-4-7-5/h5-9,11-12,15-16,18-19,25H,3-4,10,13-14,17,20H2,1-2H3,(H,28,29);5-7,9-10,14-15,21H,3-4,8,11-13,16H2,1-2H3;4-6,8-9,13-14,20,24H,2-3,7,10-12,15H2,1H3;4-6,8-9,13-14H,2-3,7,10-12,15H2,1H3;7-8,12-15,20H,3-6,9-11H2,1-2H3,(H,22,23);1-4H,(H2,6,7). The van der Waals surface area contributed by atoms with Crippen LogP contribution in [0, 0.1) is 0 Å². The van der Waals surface area contributed by atoms with Gasteiger partial charge in [-0.15, -0.1) is 0 Å². The minimum atomic E-state index is -0.351. The fourth-order valence-corrected chi connectivity index (χ4v) is 21.4. The first-order valence-corrected chi connectivity index (χ1v) is 52.2. The van der Waals surface area contributed by atoms with E-state index in [2.05, 4.69) is 304 Å². The number of rotatable bonds is 35. The molecule has 5 aliphatic rings. The smallest absolute Gasteiger partial charge is 0.162 e. The van der Waals surface area contributed by atoms with Gasteiger partial charge in [-0.3, -0.25) is 4.79 Å². The van der Waals surface area contributed by atoms with Crippen molar-refractivity contribution < 1.29 is 24.1 Å². The molecule has 714 valence electrons. The van der Waals surface area contributed by atoms with Crippen LogP contribution in [-0.4, -0.2) is 73.4 Å². The Bertz CT molecular complexity index is 5520. The summed E-state index contributed by atoms with van der Waals surface area (Å²) in [4.78, 5) is 35.0. The molecule has 1 aliphatic carbocycles. The van der Waals surface area contributed by atoms with Crippen molar-refractivity contribution in [1.82, 2.24) is 15.0 Å². The van der Waals surface area contributed by atoms with Crippen LogP contribution in [0.2, 0.25) is 0 Å². The fraction of sp³-hybridized carbons (Fsp3) is 0.402. The van der Waals surface area contributed by atoms with Gasteiger partial charge in [0.2, 0.25) is 0 Å². The zero-order valence-electron chi connectivity index (χ0n) is 81.2. The number of hydrogen-bond donors (Lipinski definition) is 4. The number of aliphatic hydroxyl groups excluding tert-OH is 1. The lowest BCUT2D eigenvalue weighted by molar-refractivity contribution is 0.0934. The first kappa shape index (κ1) is 104. The van der Waals surface area contributed by atoms with Gasteiger partial charge in [-0.05, 0) is 308 Å². The highest BCUT2D eigenvalue weighted by atomic mass is 79.9. The predicted molar refractivity (Wildman–Crippen MR) is 575 cm³/mol. The lowest BCUT2D eigenvalue weighted by Crippen LogP contribution is -2.30. The number of aryl methyl sites for hydroxylation is 5. The number of nitrogens with one attached hydrogen (secondary N) is 2. The second-order valence-corrected chi connectivity index (χ2v) is 38.8.